The van der Waals surface area contributed by atoms with Gasteiger partial charge in [-0.25, -0.2) is 4.79 Å². The van der Waals surface area contributed by atoms with E-state index in [4.69, 9.17) is 21.1 Å². The first-order chi connectivity index (χ1) is 13.6. The molecule has 0 bridgehead atoms. The van der Waals surface area contributed by atoms with Crippen LogP contribution in [0.2, 0.25) is 5.02 Å². The summed E-state index contributed by atoms with van der Waals surface area (Å²) < 4.78 is 11.6. The van der Waals surface area contributed by atoms with Crippen molar-refractivity contribution in [3.63, 3.8) is 0 Å². The zero-order valence-corrected chi connectivity index (χ0v) is 18.0. The first-order valence-electron chi connectivity index (χ1n) is 9.39. The predicted molar refractivity (Wildman–Crippen MR) is 117 cm³/mol. The van der Waals surface area contributed by atoms with Crippen molar-refractivity contribution in [1.82, 2.24) is 0 Å². The molecule has 0 saturated heterocycles. The summed E-state index contributed by atoms with van der Waals surface area (Å²) >= 11 is 6.10. The highest BCUT2D eigenvalue weighted by Gasteiger charge is 2.31. The average Bonchev–Trinajstić information content (AvgIpc) is 2.65. The summed E-state index contributed by atoms with van der Waals surface area (Å²) in [4.78, 5) is 12.3. The number of methoxy groups -OCH3 is 1. The molecule has 4 nitrogen and oxygen atoms in total. The van der Waals surface area contributed by atoms with Gasteiger partial charge in [-0.05, 0) is 74.0 Å². The van der Waals surface area contributed by atoms with Crippen molar-refractivity contribution in [3.8, 4) is 16.9 Å². The average molecular weight is 413 g/mol. The third-order valence-corrected chi connectivity index (χ3v) is 4.95. The summed E-state index contributed by atoms with van der Waals surface area (Å²) in [6, 6.07) is 15.1. The smallest absolute Gasteiger partial charge is 0.337 e. The Morgan fingerprint density at radius 2 is 1.72 bits per heavy atom. The van der Waals surface area contributed by atoms with E-state index in [1.54, 1.807) is 19.2 Å². The van der Waals surface area contributed by atoms with Gasteiger partial charge in [0.05, 0.1) is 12.7 Å². The second-order valence-electron chi connectivity index (χ2n) is 7.99. The highest BCUT2D eigenvalue weighted by atomic mass is 35.5. The highest BCUT2D eigenvalue weighted by molar-refractivity contribution is 6.30. The fraction of sp³-hybridized carbons (Fsp3) is 0.292. The number of carboxylic acids is 1. The van der Waals surface area contributed by atoms with Gasteiger partial charge in [0.25, 0.3) is 0 Å². The molecule has 1 unspecified atom stereocenters. The number of hydrogen-bond donors (Lipinski definition) is 1. The van der Waals surface area contributed by atoms with Gasteiger partial charge in [0, 0.05) is 16.0 Å². The van der Waals surface area contributed by atoms with Gasteiger partial charge >= 0.3 is 5.97 Å². The number of ether oxygens (including phenoxy) is 2. The minimum atomic E-state index is -1.11. The third kappa shape index (κ3) is 4.39. The molecule has 0 aromatic heterocycles. The Bertz CT molecular complexity index is 1050. The highest BCUT2D eigenvalue weighted by Crippen LogP contribution is 2.42. The normalized spacial score (nSPS) is 12.8. The molecular weight excluding hydrogens is 388 g/mol. The van der Waals surface area contributed by atoms with Gasteiger partial charge < -0.3 is 14.6 Å². The Morgan fingerprint density at radius 1 is 1.07 bits per heavy atom. The lowest BCUT2D eigenvalue weighted by Gasteiger charge is -2.28. The monoisotopic (exact) mass is 412 g/mol. The van der Waals surface area contributed by atoms with Gasteiger partial charge in [-0.3, -0.25) is 0 Å². The zero-order valence-electron chi connectivity index (χ0n) is 17.2. The summed E-state index contributed by atoms with van der Waals surface area (Å²) in [6.07, 6.45) is -1.11. The molecule has 0 radical (unpaired) electrons. The molecule has 3 aromatic carbocycles. The van der Waals surface area contributed by atoms with E-state index >= 15 is 0 Å². The van der Waals surface area contributed by atoms with E-state index in [9.17, 15) is 9.90 Å². The largest absolute Gasteiger partial charge is 0.496 e. The van der Waals surface area contributed by atoms with E-state index in [0.29, 0.717) is 10.6 Å². The Morgan fingerprint density at radius 3 is 2.28 bits per heavy atom. The molecular formula is C24H25ClO4. The lowest BCUT2D eigenvalue weighted by Crippen LogP contribution is -2.28. The van der Waals surface area contributed by atoms with Gasteiger partial charge in [0.2, 0.25) is 0 Å². The number of aliphatic carboxylic acids is 1. The molecule has 1 atom stereocenters. The van der Waals surface area contributed by atoms with Gasteiger partial charge in [0.1, 0.15) is 5.75 Å². The van der Waals surface area contributed by atoms with Crippen molar-refractivity contribution in [2.24, 2.45) is 0 Å². The van der Waals surface area contributed by atoms with Crippen molar-refractivity contribution in [2.45, 2.75) is 39.4 Å². The Labute approximate surface area is 176 Å². The van der Waals surface area contributed by atoms with E-state index < -0.39 is 17.7 Å². The van der Waals surface area contributed by atoms with Crippen LogP contribution in [0.15, 0.2) is 48.5 Å². The zero-order chi connectivity index (χ0) is 21.3. The molecule has 152 valence electrons. The molecule has 29 heavy (non-hydrogen) atoms. The van der Waals surface area contributed by atoms with Gasteiger partial charge in [-0.1, -0.05) is 35.9 Å². The summed E-state index contributed by atoms with van der Waals surface area (Å²) in [5, 5.41) is 12.5. The van der Waals surface area contributed by atoms with E-state index in [-0.39, 0.29) is 0 Å². The first kappa shape index (κ1) is 21.2. The number of carboxylic acid groups (broad SMARTS) is 1. The topological polar surface area (TPSA) is 55.8 Å². The molecule has 1 N–H and O–H groups in total. The van der Waals surface area contributed by atoms with Crippen LogP contribution in [0.5, 0.6) is 5.75 Å². The van der Waals surface area contributed by atoms with E-state index in [0.717, 1.165) is 33.2 Å². The summed E-state index contributed by atoms with van der Waals surface area (Å²) in [6.45, 7) is 7.46. The predicted octanol–water partition coefficient (Wildman–Crippen LogP) is 6.42. The molecule has 0 spiro atoms. The van der Waals surface area contributed by atoms with Crippen LogP contribution in [0.1, 0.15) is 38.0 Å². The van der Waals surface area contributed by atoms with Crippen LogP contribution in [0.4, 0.5) is 0 Å². The van der Waals surface area contributed by atoms with E-state index in [1.807, 2.05) is 64.1 Å². The molecule has 0 saturated carbocycles. The molecule has 5 heteroatoms. The van der Waals surface area contributed by atoms with Crippen molar-refractivity contribution < 1.29 is 19.4 Å². The van der Waals surface area contributed by atoms with Crippen LogP contribution < -0.4 is 4.74 Å². The number of carbonyl (C=O) groups is 1. The number of fused-ring (bicyclic) bond motifs is 1. The molecule has 3 rings (SSSR count). The van der Waals surface area contributed by atoms with Crippen molar-refractivity contribution >= 4 is 28.3 Å². The lowest BCUT2D eigenvalue weighted by molar-refractivity contribution is -0.160. The lowest BCUT2D eigenvalue weighted by atomic mass is 9.87. The van der Waals surface area contributed by atoms with Crippen LogP contribution in [-0.4, -0.2) is 23.8 Å². The molecule has 0 aliphatic rings. The SMILES string of the molecule is COc1cccc2c(-c3ccc(Cl)cc3)c(C(OC(C)(C)C)C(=O)O)c(C)cc12. The fourth-order valence-electron chi connectivity index (χ4n) is 3.58. The maximum Gasteiger partial charge on any atom is 0.337 e. The summed E-state index contributed by atoms with van der Waals surface area (Å²) in [5.41, 5.74) is 2.51. The number of aryl methyl sites for hydroxylation is 1. The standard InChI is InChI=1S/C24H25ClO4/c1-14-13-18-17(7-6-8-19(18)28-5)21(15-9-11-16(25)12-10-15)20(14)22(23(26)27)29-24(2,3)4/h6-13,22H,1-5H3,(H,26,27). The van der Waals surface area contributed by atoms with Crippen LogP contribution in [0.25, 0.3) is 21.9 Å². The number of benzene rings is 3. The molecule has 0 aliphatic carbocycles. The maximum atomic E-state index is 12.3. The molecule has 0 heterocycles. The van der Waals surface area contributed by atoms with Crippen molar-refractivity contribution in [3.05, 3.63) is 64.7 Å². The summed E-state index contributed by atoms with van der Waals surface area (Å²) in [5.74, 6) is -0.295. The molecule has 0 amide bonds. The number of halogens is 1. The Hall–Kier alpha value is -2.56. The third-order valence-electron chi connectivity index (χ3n) is 4.70. The summed E-state index contributed by atoms with van der Waals surface area (Å²) in [7, 11) is 1.63. The Balaban J connectivity index is 2.42. The van der Waals surface area contributed by atoms with Gasteiger partial charge in [0.15, 0.2) is 6.10 Å². The molecule has 0 aliphatic heterocycles. The van der Waals surface area contributed by atoms with E-state index in [1.165, 1.54) is 0 Å². The minimum absolute atomic E-state index is 0.616. The first-order valence-corrected chi connectivity index (χ1v) is 9.77. The second-order valence-corrected chi connectivity index (χ2v) is 8.43. The minimum Gasteiger partial charge on any atom is -0.496 e. The van der Waals surface area contributed by atoms with E-state index in [2.05, 4.69) is 0 Å². The maximum absolute atomic E-state index is 12.3. The quantitative estimate of drug-likeness (QED) is 0.525. The van der Waals surface area contributed by atoms with Crippen molar-refractivity contribution in [1.29, 1.82) is 0 Å². The number of rotatable bonds is 5. The number of hydrogen-bond acceptors (Lipinski definition) is 3. The second kappa shape index (κ2) is 8.05. The van der Waals surface area contributed by atoms with Gasteiger partial charge in [-0.2, -0.15) is 0 Å². The molecule has 0 fully saturated rings. The Kier molecular flexibility index (Phi) is 5.87. The van der Waals surface area contributed by atoms with Crippen LogP contribution in [0, 0.1) is 6.92 Å². The van der Waals surface area contributed by atoms with Crippen LogP contribution in [0.3, 0.4) is 0 Å². The van der Waals surface area contributed by atoms with Crippen molar-refractivity contribution in [2.75, 3.05) is 7.11 Å². The molecule has 3 aromatic rings. The fourth-order valence-corrected chi connectivity index (χ4v) is 3.70. The van der Waals surface area contributed by atoms with Crippen LogP contribution >= 0.6 is 11.6 Å². The van der Waals surface area contributed by atoms with Crippen LogP contribution in [-0.2, 0) is 9.53 Å². The van der Waals surface area contributed by atoms with Gasteiger partial charge in [-0.15, -0.1) is 0 Å².